The van der Waals surface area contributed by atoms with E-state index in [4.69, 9.17) is 4.74 Å². The first-order valence-electron chi connectivity index (χ1n) is 6.27. The third kappa shape index (κ3) is 3.38. The molecule has 0 radical (unpaired) electrons. The van der Waals surface area contributed by atoms with E-state index in [1.165, 1.54) is 12.4 Å². The first kappa shape index (κ1) is 14.6. The molecule has 0 spiro atoms. The fourth-order valence-electron chi connectivity index (χ4n) is 1.67. The summed E-state index contributed by atoms with van der Waals surface area (Å²) in [5.41, 5.74) is -0.755. The van der Waals surface area contributed by atoms with Crippen LogP contribution in [0, 0.1) is 0 Å². The van der Waals surface area contributed by atoms with Gasteiger partial charge in [-0.15, -0.1) is 0 Å². The van der Waals surface area contributed by atoms with Gasteiger partial charge in [0, 0.05) is 25.0 Å². The molecule has 2 aromatic heterocycles. The van der Waals surface area contributed by atoms with Crippen LogP contribution in [0.2, 0.25) is 0 Å². The van der Waals surface area contributed by atoms with Crippen molar-refractivity contribution in [3.05, 3.63) is 24.2 Å². The molecule has 5 nitrogen and oxygen atoms in total. The number of ether oxygens (including phenoxy) is 1. The van der Waals surface area contributed by atoms with Gasteiger partial charge in [0.25, 0.3) is 0 Å². The topological polar surface area (TPSA) is 51.5 Å². The largest absolute Gasteiger partial charge is 0.475 e. The highest BCUT2D eigenvalue weighted by Crippen LogP contribution is 2.30. The first-order chi connectivity index (χ1) is 9.52. The second kappa shape index (κ2) is 6.08. The third-order valence-corrected chi connectivity index (χ3v) is 2.59. The Balaban J connectivity index is 2.11. The summed E-state index contributed by atoms with van der Waals surface area (Å²) in [5, 5.41) is 6.59. The molecule has 0 fully saturated rings. The summed E-state index contributed by atoms with van der Waals surface area (Å²) < 4.78 is 44.3. The Hall–Kier alpha value is -1.83. The summed E-state index contributed by atoms with van der Waals surface area (Å²) >= 11 is 0. The van der Waals surface area contributed by atoms with Crippen LogP contribution in [0.15, 0.2) is 18.5 Å². The van der Waals surface area contributed by atoms with Gasteiger partial charge in [0.1, 0.15) is 12.1 Å². The summed E-state index contributed by atoms with van der Waals surface area (Å²) in [4.78, 5) is 3.94. The molecule has 2 rings (SSSR count). The molecule has 110 valence electrons. The summed E-state index contributed by atoms with van der Waals surface area (Å²) in [6, 6.07) is 0.932. The van der Waals surface area contributed by atoms with Crippen LogP contribution in [-0.4, -0.2) is 34.3 Å². The molecule has 0 unspecified atom stereocenters. The molecule has 0 atom stereocenters. The maximum absolute atomic E-state index is 12.6. The van der Waals surface area contributed by atoms with Crippen LogP contribution >= 0.6 is 0 Å². The molecular formula is C12H15F3N4O. The van der Waals surface area contributed by atoms with E-state index in [1.54, 1.807) is 0 Å². The smallest absolute Gasteiger partial charge is 0.435 e. The van der Waals surface area contributed by atoms with Crippen molar-refractivity contribution in [2.75, 3.05) is 19.7 Å². The van der Waals surface area contributed by atoms with Gasteiger partial charge in [0.05, 0.1) is 0 Å². The minimum Gasteiger partial charge on any atom is -0.475 e. The molecule has 0 saturated carbocycles. The number of aromatic nitrogens is 3. The van der Waals surface area contributed by atoms with E-state index in [0.717, 1.165) is 23.5 Å². The van der Waals surface area contributed by atoms with Gasteiger partial charge in [0.15, 0.2) is 5.69 Å². The zero-order valence-corrected chi connectivity index (χ0v) is 10.9. The third-order valence-electron chi connectivity index (χ3n) is 2.59. The van der Waals surface area contributed by atoms with Gasteiger partial charge in [0.2, 0.25) is 5.88 Å². The van der Waals surface area contributed by atoms with Crippen molar-refractivity contribution < 1.29 is 17.9 Å². The molecule has 0 aromatic carbocycles. The van der Waals surface area contributed by atoms with Gasteiger partial charge >= 0.3 is 6.18 Å². The molecule has 2 aromatic rings. The minimum absolute atomic E-state index is 0.147. The number of alkyl halides is 3. The minimum atomic E-state index is -4.48. The number of nitrogens with zero attached hydrogens (tertiary/aromatic N) is 3. The maximum Gasteiger partial charge on any atom is 0.435 e. The van der Waals surface area contributed by atoms with Crippen molar-refractivity contribution in [3.63, 3.8) is 0 Å². The van der Waals surface area contributed by atoms with E-state index in [-0.39, 0.29) is 11.4 Å². The number of hydrogen-bond acceptors (Lipinski definition) is 4. The molecule has 2 heterocycles. The van der Waals surface area contributed by atoms with Crippen LogP contribution in [0.25, 0.3) is 5.52 Å². The lowest BCUT2D eigenvalue weighted by Crippen LogP contribution is -2.21. The molecule has 0 aliphatic rings. The van der Waals surface area contributed by atoms with Crippen LogP contribution in [0.3, 0.4) is 0 Å². The fraction of sp³-hybridized carbons (Fsp3) is 0.500. The second-order valence-corrected chi connectivity index (χ2v) is 4.19. The number of halogens is 3. The predicted octanol–water partition coefficient (Wildman–Crippen LogP) is 2.13. The zero-order valence-electron chi connectivity index (χ0n) is 10.9. The van der Waals surface area contributed by atoms with E-state index < -0.39 is 11.9 Å². The lowest BCUT2D eigenvalue weighted by Gasteiger charge is -2.06. The monoisotopic (exact) mass is 288 g/mol. The average molecular weight is 288 g/mol. The van der Waals surface area contributed by atoms with Crippen molar-refractivity contribution in [2.24, 2.45) is 0 Å². The van der Waals surface area contributed by atoms with Crippen LogP contribution < -0.4 is 10.1 Å². The SMILES string of the molecule is CCCNCCOc1nccn2nc(C(F)(F)F)cc12. The highest BCUT2D eigenvalue weighted by Gasteiger charge is 2.34. The van der Waals surface area contributed by atoms with Crippen molar-refractivity contribution in [2.45, 2.75) is 19.5 Å². The van der Waals surface area contributed by atoms with Crippen LogP contribution in [-0.2, 0) is 6.18 Å². The van der Waals surface area contributed by atoms with Gasteiger partial charge in [-0.3, -0.25) is 0 Å². The van der Waals surface area contributed by atoms with Crippen molar-refractivity contribution in [1.82, 2.24) is 19.9 Å². The summed E-state index contributed by atoms with van der Waals surface area (Å²) in [5.74, 6) is 0.147. The number of hydrogen-bond donors (Lipinski definition) is 1. The maximum atomic E-state index is 12.6. The average Bonchev–Trinajstić information content (AvgIpc) is 2.83. The molecular weight excluding hydrogens is 273 g/mol. The molecule has 0 saturated heterocycles. The Labute approximate surface area is 113 Å². The van der Waals surface area contributed by atoms with Gasteiger partial charge in [-0.25, -0.2) is 9.50 Å². The van der Waals surface area contributed by atoms with Crippen LogP contribution in [0.4, 0.5) is 13.2 Å². The first-order valence-corrected chi connectivity index (χ1v) is 6.27. The lowest BCUT2D eigenvalue weighted by atomic mass is 10.4. The zero-order chi connectivity index (χ0) is 14.6. The highest BCUT2D eigenvalue weighted by atomic mass is 19.4. The highest BCUT2D eigenvalue weighted by molar-refractivity contribution is 5.56. The summed E-state index contributed by atoms with van der Waals surface area (Å²) in [7, 11) is 0. The standard InChI is InChI=1S/C12H15F3N4O/c1-2-3-16-5-7-20-11-9-8-10(12(13,14)15)18-19(9)6-4-17-11/h4,6,8,16H,2-3,5,7H2,1H3. The van der Waals surface area contributed by atoms with Gasteiger partial charge in [-0.2, -0.15) is 18.3 Å². The lowest BCUT2D eigenvalue weighted by molar-refractivity contribution is -0.141. The summed E-state index contributed by atoms with van der Waals surface area (Å²) in [6.07, 6.45) is -0.765. The van der Waals surface area contributed by atoms with E-state index in [9.17, 15) is 13.2 Å². The van der Waals surface area contributed by atoms with E-state index in [2.05, 4.69) is 15.4 Å². The van der Waals surface area contributed by atoms with Crippen molar-refractivity contribution in [1.29, 1.82) is 0 Å². The van der Waals surface area contributed by atoms with Crippen molar-refractivity contribution in [3.8, 4) is 5.88 Å². The van der Waals surface area contributed by atoms with Gasteiger partial charge in [-0.1, -0.05) is 6.92 Å². The predicted molar refractivity (Wildman–Crippen MR) is 66.6 cm³/mol. The van der Waals surface area contributed by atoms with Gasteiger partial charge in [-0.05, 0) is 13.0 Å². The van der Waals surface area contributed by atoms with Crippen LogP contribution in [0.1, 0.15) is 19.0 Å². The van der Waals surface area contributed by atoms with Gasteiger partial charge < -0.3 is 10.1 Å². The molecule has 20 heavy (non-hydrogen) atoms. The Kier molecular flexibility index (Phi) is 4.43. The normalized spacial score (nSPS) is 12.0. The Morgan fingerprint density at radius 3 is 2.85 bits per heavy atom. The van der Waals surface area contributed by atoms with Crippen molar-refractivity contribution >= 4 is 5.52 Å². The molecule has 0 aliphatic carbocycles. The molecule has 0 amide bonds. The molecule has 0 bridgehead atoms. The molecule has 0 aliphatic heterocycles. The van der Waals surface area contributed by atoms with E-state index in [0.29, 0.717) is 13.2 Å². The number of rotatable bonds is 6. The van der Waals surface area contributed by atoms with E-state index >= 15 is 0 Å². The molecule has 8 heteroatoms. The fourth-order valence-corrected chi connectivity index (χ4v) is 1.67. The Morgan fingerprint density at radius 1 is 1.35 bits per heavy atom. The second-order valence-electron chi connectivity index (χ2n) is 4.19. The van der Waals surface area contributed by atoms with E-state index in [1.807, 2.05) is 6.92 Å². The Bertz CT molecular complexity index is 567. The summed E-state index contributed by atoms with van der Waals surface area (Å²) in [6.45, 7) is 3.85. The number of fused-ring (bicyclic) bond motifs is 1. The Morgan fingerprint density at radius 2 is 2.15 bits per heavy atom. The quantitative estimate of drug-likeness (QED) is 0.827. The number of nitrogens with one attached hydrogen (secondary N) is 1. The molecule has 1 N–H and O–H groups in total. The van der Waals surface area contributed by atoms with Crippen LogP contribution in [0.5, 0.6) is 5.88 Å².